The molecule has 1 aromatic heterocycles. The number of hydrogen-bond donors (Lipinski definition) is 2. The summed E-state index contributed by atoms with van der Waals surface area (Å²) in [6.45, 7) is 3.35. The molecule has 0 aliphatic carbocycles. The van der Waals surface area contributed by atoms with Crippen LogP contribution in [0.2, 0.25) is 5.02 Å². The van der Waals surface area contributed by atoms with E-state index in [-0.39, 0.29) is 11.3 Å². The fourth-order valence-corrected chi connectivity index (χ4v) is 2.76. The third-order valence-corrected chi connectivity index (χ3v) is 4.18. The van der Waals surface area contributed by atoms with Crippen molar-refractivity contribution < 1.29 is 14.3 Å². The Morgan fingerprint density at radius 1 is 1.14 bits per heavy atom. The Morgan fingerprint density at radius 3 is 2.54 bits per heavy atom. The van der Waals surface area contributed by atoms with E-state index >= 15 is 0 Å². The van der Waals surface area contributed by atoms with Gasteiger partial charge in [-0.1, -0.05) is 29.3 Å². The zero-order valence-electron chi connectivity index (χ0n) is 15.4. The maximum atomic E-state index is 12.3. The summed E-state index contributed by atoms with van der Waals surface area (Å²) >= 11 is 5.81. The van der Waals surface area contributed by atoms with Crippen LogP contribution in [0.3, 0.4) is 0 Å². The van der Waals surface area contributed by atoms with Gasteiger partial charge in [-0.3, -0.25) is 4.79 Å². The van der Waals surface area contributed by atoms with Crippen LogP contribution in [-0.2, 0) is 9.53 Å². The topological polar surface area (TPSA) is 99.2 Å². The number of benzene rings is 2. The zero-order valence-corrected chi connectivity index (χ0v) is 16.2. The number of ether oxygens (including phenoxy) is 1. The van der Waals surface area contributed by atoms with Crippen molar-refractivity contribution in [2.75, 3.05) is 17.7 Å². The molecule has 0 saturated heterocycles. The molecule has 0 radical (unpaired) electrons. The molecule has 3 rings (SSSR count). The van der Waals surface area contributed by atoms with Crippen molar-refractivity contribution in [1.29, 1.82) is 0 Å². The number of esters is 1. The lowest BCUT2D eigenvalue weighted by atomic mass is 10.2. The summed E-state index contributed by atoms with van der Waals surface area (Å²) in [7, 11) is 0. The summed E-state index contributed by atoms with van der Waals surface area (Å²) in [6.07, 6.45) is 0. The maximum absolute atomic E-state index is 12.3. The fraction of sp³-hybridized carbons (Fsp3) is 0.150. The molecule has 1 heterocycles. The summed E-state index contributed by atoms with van der Waals surface area (Å²) in [5.74, 6) is -0.713. The Kier molecular flexibility index (Phi) is 5.65. The first kappa shape index (κ1) is 19.4. The molecule has 0 aliphatic heterocycles. The Hall–Kier alpha value is -3.32. The fourth-order valence-electron chi connectivity index (χ4n) is 2.58. The first-order valence-electron chi connectivity index (χ1n) is 8.49. The van der Waals surface area contributed by atoms with Gasteiger partial charge in [-0.15, -0.1) is 0 Å². The smallest absolute Gasteiger partial charge is 0.340 e. The van der Waals surface area contributed by atoms with Gasteiger partial charge >= 0.3 is 5.97 Å². The maximum Gasteiger partial charge on any atom is 0.340 e. The zero-order chi connectivity index (χ0) is 20.3. The van der Waals surface area contributed by atoms with E-state index in [0.29, 0.717) is 10.8 Å². The molecule has 3 aromatic rings. The van der Waals surface area contributed by atoms with E-state index in [1.807, 2.05) is 38.1 Å². The number of nitrogen functional groups attached to an aromatic ring is 1. The Labute approximate surface area is 167 Å². The monoisotopic (exact) mass is 398 g/mol. The van der Waals surface area contributed by atoms with Crippen LogP contribution in [0.5, 0.6) is 0 Å². The van der Waals surface area contributed by atoms with Crippen LogP contribution in [0, 0.1) is 13.8 Å². The van der Waals surface area contributed by atoms with Gasteiger partial charge in [-0.2, -0.15) is 5.10 Å². The average molecular weight is 399 g/mol. The van der Waals surface area contributed by atoms with Gasteiger partial charge in [0.15, 0.2) is 6.61 Å². The van der Waals surface area contributed by atoms with E-state index in [4.69, 9.17) is 22.1 Å². The second kappa shape index (κ2) is 8.14. The van der Waals surface area contributed by atoms with Crippen LogP contribution in [0.15, 0.2) is 48.5 Å². The summed E-state index contributed by atoms with van der Waals surface area (Å²) in [5.41, 5.74) is 8.75. The van der Waals surface area contributed by atoms with Crippen LogP contribution >= 0.6 is 11.6 Å². The number of halogens is 1. The summed E-state index contributed by atoms with van der Waals surface area (Å²) in [5, 5.41) is 7.51. The molecule has 0 saturated carbocycles. The average Bonchev–Trinajstić information content (AvgIpc) is 3.00. The molecule has 2 aromatic carbocycles. The SMILES string of the molecule is Cc1ccc(-n2nc(C)cc2NC(=O)COC(=O)c2ccc(Cl)cc2N)cc1. The van der Waals surface area contributed by atoms with Crippen molar-refractivity contribution >= 4 is 35.0 Å². The molecule has 0 bridgehead atoms. The lowest BCUT2D eigenvalue weighted by Crippen LogP contribution is -2.22. The van der Waals surface area contributed by atoms with Crippen molar-refractivity contribution in [1.82, 2.24) is 9.78 Å². The Morgan fingerprint density at radius 2 is 1.86 bits per heavy atom. The summed E-state index contributed by atoms with van der Waals surface area (Å²) in [4.78, 5) is 24.4. The van der Waals surface area contributed by atoms with Crippen molar-refractivity contribution in [2.24, 2.45) is 0 Å². The van der Waals surface area contributed by atoms with E-state index in [1.165, 1.54) is 18.2 Å². The van der Waals surface area contributed by atoms with Crippen LogP contribution in [0.1, 0.15) is 21.6 Å². The highest BCUT2D eigenvalue weighted by Gasteiger charge is 2.15. The number of carbonyl (C=O) groups excluding carboxylic acids is 2. The molecule has 8 heteroatoms. The van der Waals surface area contributed by atoms with Crippen molar-refractivity contribution in [3.8, 4) is 5.69 Å². The number of nitrogens with two attached hydrogens (primary N) is 1. The lowest BCUT2D eigenvalue weighted by molar-refractivity contribution is -0.119. The molecule has 0 unspecified atom stereocenters. The van der Waals surface area contributed by atoms with Gasteiger partial charge in [0.1, 0.15) is 5.82 Å². The number of aryl methyl sites for hydroxylation is 2. The Bertz CT molecular complexity index is 1030. The van der Waals surface area contributed by atoms with Crippen LogP contribution < -0.4 is 11.1 Å². The number of hydrogen-bond acceptors (Lipinski definition) is 5. The largest absolute Gasteiger partial charge is 0.452 e. The highest BCUT2D eigenvalue weighted by atomic mass is 35.5. The normalized spacial score (nSPS) is 10.5. The predicted molar refractivity (Wildman–Crippen MR) is 108 cm³/mol. The molecule has 7 nitrogen and oxygen atoms in total. The number of anilines is 2. The summed E-state index contributed by atoms with van der Waals surface area (Å²) in [6, 6.07) is 13.9. The number of nitrogens with zero attached hydrogens (tertiary/aromatic N) is 2. The van der Waals surface area contributed by atoms with Crippen molar-refractivity contribution in [2.45, 2.75) is 13.8 Å². The quantitative estimate of drug-likeness (QED) is 0.506. The molecule has 0 atom stereocenters. The number of nitrogens with one attached hydrogen (secondary N) is 1. The van der Waals surface area contributed by atoms with E-state index in [1.54, 1.807) is 10.7 Å². The third kappa shape index (κ3) is 4.50. The first-order chi connectivity index (χ1) is 13.3. The van der Waals surface area contributed by atoms with E-state index in [0.717, 1.165) is 16.9 Å². The first-order valence-corrected chi connectivity index (χ1v) is 8.87. The molecule has 0 spiro atoms. The van der Waals surface area contributed by atoms with Gasteiger partial charge < -0.3 is 15.8 Å². The minimum Gasteiger partial charge on any atom is -0.452 e. The number of aromatic nitrogens is 2. The van der Waals surface area contributed by atoms with Crippen molar-refractivity contribution in [3.63, 3.8) is 0 Å². The molecule has 28 heavy (non-hydrogen) atoms. The third-order valence-electron chi connectivity index (χ3n) is 3.95. The number of carbonyl (C=O) groups is 2. The molecular weight excluding hydrogens is 380 g/mol. The van der Waals surface area contributed by atoms with Crippen LogP contribution in [0.4, 0.5) is 11.5 Å². The molecule has 1 amide bonds. The number of rotatable bonds is 5. The van der Waals surface area contributed by atoms with Crippen molar-refractivity contribution in [3.05, 3.63) is 70.4 Å². The molecule has 0 aliphatic rings. The molecule has 3 N–H and O–H groups in total. The highest BCUT2D eigenvalue weighted by Crippen LogP contribution is 2.20. The van der Waals surface area contributed by atoms with Crippen LogP contribution in [-0.4, -0.2) is 28.3 Å². The predicted octanol–water partition coefficient (Wildman–Crippen LogP) is 3.52. The van der Waals surface area contributed by atoms with Crippen LogP contribution in [0.25, 0.3) is 5.69 Å². The second-order valence-corrected chi connectivity index (χ2v) is 6.71. The molecule has 0 fully saturated rings. The van der Waals surface area contributed by atoms with E-state index in [2.05, 4.69) is 10.4 Å². The lowest BCUT2D eigenvalue weighted by Gasteiger charge is -2.10. The molecular formula is C20H19ClN4O3. The minimum atomic E-state index is -0.701. The van der Waals surface area contributed by atoms with Gasteiger partial charge in [0.2, 0.25) is 0 Å². The number of amides is 1. The van der Waals surface area contributed by atoms with Gasteiger partial charge in [-0.25, -0.2) is 9.48 Å². The van der Waals surface area contributed by atoms with Gasteiger partial charge in [0.05, 0.1) is 16.9 Å². The minimum absolute atomic E-state index is 0.151. The molecule has 144 valence electrons. The Balaban J connectivity index is 1.67. The standard InChI is InChI=1S/C20H19ClN4O3/c1-12-3-6-15(7-4-12)25-18(9-13(2)24-25)23-19(26)11-28-20(27)16-8-5-14(21)10-17(16)22/h3-10H,11,22H2,1-2H3,(H,23,26). The highest BCUT2D eigenvalue weighted by molar-refractivity contribution is 6.31. The van der Waals surface area contributed by atoms with E-state index in [9.17, 15) is 9.59 Å². The van der Waals surface area contributed by atoms with Gasteiger partial charge in [0.25, 0.3) is 5.91 Å². The second-order valence-electron chi connectivity index (χ2n) is 6.27. The summed E-state index contributed by atoms with van der Waals surface area (Å²) < 4.78 is 6.66. The van der Waals surface area contributed by atoms with E-state index < -0.39 is 18.5 Å². The van der Waals surface area contributed by atoms with Gasteiger partial charge in [-0.05, 0) is 44.2 Å². The van der Waals surface area contributed by atoms with Gasteiger partial charge in [0, 0.05) is 16.8 Å².